The van der Waals surface area contributed by atoms with Gasteiger partial charge in [-0.05, 0) is 93.5 Å². The maximum absolute atomic E-state index is 5.08. The smallest absolute Gasteiger partial charge is 0.0639 e. The molecule has 0 radical (unpaired) electrons. The summed E-state index contributed by atoms with van der Waals surface area (Å²) in [6, 6.07) is 13.1. The van der Waals surface area contributed by atoms with Crippen molar-refractivity contribution in [2.24, 2.45) is 9.98 Å². The van der Waals surface area contributed by atoms with Gasteiger partial charge in [-0.1, -0.05) is 45.2 Å². The minimum absolute atomic E-state index is 0.893. The lowest BCUT2D eigenvalue weighted by Gasteiger charge is -2.11. The van der Waals surface area contributed by atoms with E-state index >= 15 is 0 Å². The Balaban J connectivity index is 2.41. The van der Waals surface area contributed by atoms with Crippen molar-refractivity contribution in [3.63, 3.8) is 0 Å². The van der Waals surface area contributed by atoms with E-state index in [2.05, 4.69) is 77.9 Å². The first-order chi connectivity index (χ1) is 13.4. The van der Waals surface area contributed by atoms with Crippen LogP contribution in [0.15, 0.2) is 46.4 Å². The molecule has 0 saturated heterocycles. The Labute approximate surface area is 171 Å². The van der Waals surface area contributed by atoms with Crippen molar-refractivity contribution in [1.82, 2.24) is 0 Å². The summed E-state index contributed by atoms with van der Waals surface area (Å²) in [4.78, 5) is 10.1. The van der Waals surface area contributed by atoms with E-state index in [-0.39, 0.29) is 0 Å². The Kier molecular flexibility index (Phi) is 8.63. The van der Waals surface area contributed by atoms with Gasteiger partial charge in [-0.15, -0.1) is 0 Å². The number of benzene rings is 2. The molecule has 2 rings (SSSR count). The van der Waals surface area contributed by atoms with E-state index in [4.69, 9.17) is 9.98 Å². The Morgan fingerprint density at radius 3 is 1.50 bits per heavy atom. The third kappa shape index (κ3) is 7.07. The number of aliphatic imine (C=N–C) groups is 2. The quantitative estimate of drug-likeness (QED) is 0.311. The van der Waals surface area contributed by atoms with Crippen molar-refractivity contribution in [2.45, 2.75) is 80.1 Å². The van der Waals surface area contributed by atoms with Gasteiger partial charge in [0.2, 0.25) is 0 Å². The molecule has 0 aliphatic carbocycles. The zero-order valence-corrected chi connectivity index (χ0v) is 18.6. The van der Waals surface area contributed by atoms with Crippen LogP contribution in [0, 0.1) is 27.7 Å². The Morgan fingerprint density at radius 1 is 0.607 bits per heavy atom. The van der Waals surface area contributed by atoms with Crippen LogP contribution >= 0.6 is 0 Å². The highest BCUT2D eigenvalue weighted by atomic mass is 14.8. The van der Waals surface area contributed by atoms with Crippen LogP contribution in [-0.4, -0.2) is 11.4 Å². The Hall–Kier alpha value is -2.22. The van der Waals surface area contributed by atoms with Crippen LogP contribution < -0.4 is 0 Å². The first-order valence-corrected chi connectivity index (χ1v) is 10.7. The van der Waals surface area contributed by atoms with Gasteiger partial charge in [-0.2, -0.15) is 0 Å². The highest BCUT2D eigenvalue weighted by molar-refractivity contribution is 6.43. The summed E-state index contributed by atoms with van der Waals surface area (Å²) >= 11 is 0. The maximum atomic E-state index is 5.08. The van der Waals surface area contributed by atoms with E-state index < -0.39 is 0 Å². The monoisotopic (exact) mass is 376 g/mol. The molecule has 0 heterocycles. The number of unbranched alkanes of at least 4 members (excludes halogenated alkanes) is 3. The number of hydrogen-bond acceptors (Lipinski definition) is 2. The third-order valence-corrected chi connectivity index (χ3v) is 4.88. The molecule has 0 amide bonds. The fraction of sp³-hybridized carbons (Fsp3) is 0.462. The molecule has 0 aliphatic rings. The van der Waals surface area contributed by atoms with Gasteiger partial charge in [0.1, 0.15) is 0 Å². The van der Waals surface area contributed by atoms with Crippen molar-refractivity contribution in [3.05, 3.63) is 58.7 Å². The topological polar surface area (TPSA) is 24.7 Å². The molecule has 0 aliphatic heterocycles. The molecule has 2 aromatic carbocycles. The molecule has 0 N–H and O–H groups in total. The van der Waals surface area contributed by atoms with Crippen molar-refractivity contribution >= 4 is 22.8 Å². The molecule has 0 spiro atoms. The van der Waals surface area contributed by atoms with Gasteiger partial charge in [0, 0.05) is 0 Å². The van der Waals surface area contributed by atoms with Crippen molar-refractivity contribution in [3.8, 4) is 0 Å². The molecule has 28 heavy (non-hydrogen) atoms. The second kappa shape index (κ2) is 10.9. The zero-order chi connectivity index (χ0) is 20.5. The molecule has 0 atom stereocenters. The molecule has 2 heteroatoms. The molecule has 0 bridgehead atoms. The van der Waals surface area contributed by atoms with Crippen LogP contribution in [0.4, 0.5) is 11.4 Å². The molecular weight excluding hydrogens is 340 g/mol. The molecular formula is C26H36N2. The fourth-order valence-corrected chi connectivity index (χ4v) is 3.67. The van der Waals surface area contributed by atoms with Gasteiger partial charge in [-0.3, -0.25) is 9.98 Å². The predicted octanol–water partition coefficient (Wildman–Crippen LogP) is 8.15. The van der Waals surface area contributed by atoms with Crippen LogP contribution in [0.5, 0.6) is 0 Å². The highest BCUT2D eigenvalue weighted by Crippen LogP contribution is 2.22. The van der Waals surface area contributed by atoms with E-state index in [1.54, 1.807) is 0 Å². The molecule has 0 fully saturated rings. The maximum Gasteiger partial charge on any atom is 0.0639 e. The summed E-state index contributed by atoms with van der Waals surface area (Å²) in [5, 5.41) is 0. The summed E-state index contributed by atoms with van der Waals surface area (Å²) in [6.45, 7) is 13.0. The van der Waals surface area contributed by atoms with Crippen molar-refractivity contribution in [2.75, 3.05) is 0 Å². The van der Waals surface area contributed by atoms with Crippen LogP contribution in [0.3, 0.4) is 0 Å². The largest absolute Gasteiger partial charge is 0.252 e. The molecule has 2 aromatic rings. The SMILES string of the molecule is CCCCCCC(=Nc1cc(C)cc(C)c1)C(CC)=Nc1cc(C)cc(C)c1. The second-order valence-corrected chi connectivity index (χ2v) is 7.97. The number of hydrogen-bond donors (Lipinski definition) is 0. The fourth-order valence-electron chi connectivity index (χ4n) is 3.67. The average molecular weight is 377 g/mol. The number of nitrogens with zero attached hydrogens (tertiary/aromatic N) is 2. The molecule has 0 aromatic heterocycles. The molecule has 2 nitrogen and oxygen atoms in total. The van der Waals surface area contributed by atoms with E-state index in [1.807, 2.05) is 0 Å². The van der Waals surface area contributed by atoms with Gasteiger partial charge in [0.25, 0.3) is 0 Å². The van der Waals surface area contributed by atoms with E-state index in [9.17, 15) is 0 Å². The number of aryl methyl sites for hydroxylation is 4. The molecule has 150 valence electrons. The summed E-state index contributed by atoms with van der Waals surface area (Å²) in [7, 11) is 0. The lowest BCUT2D eigenvalue weighted by molar-refractivity contribution is 0.684. The van der Waals surface area contributed by atoms with E-state index in [0.29, 0.717) is 0 Å². The van der Waals surface area contributed by atoms with Crippen LogP contribution in [0.2, 0.25) is 0 Å². The minimum atomic E-state index is 0.893. The first kappa shape index (κ1) is 22.1. The Morgan fingerprint density at radius 2 is 1.07 bits per heavy atom. The average Bonchev–Trinajstić information content (AvgIpc) is 2.60. The third-order valence-electron chi connectivity index (χ3n) is 4.88. The summed E-state index contributed by atoms with van der Waals surface area (Å²) in [6.07, 6.45) is 6.84. The van der Waals surface area contributed by atoms with Crippen molar-refractivity contribution < 1.29 is 0 Å². The number of rotatable bonds is 9. The van der Waals surface area contributed by atoms with Crippen LogP contribution in [-0.2, 0) is 0 Å². The lowest BCUT2D eigenvalue weighted by Crippen LogP contribution is -2.13. The van der Waals surface area contributed by atoms with Gasteiger partial charge in [0.15, 0.2) is 0 Å². The van der Waals surface area contributed by atoms with Gasteiger partial charge in [-0.25, -0.2) is 0 Å². The lowest BCUT2D eigenvalue weighted by atomic mass is 10.0. The predicted molar refractivity (Wildman–Crippen MR) is 125 cm³/mol. The van der Waals surface area contributed by atoms with Crippen LogP contribution in [0.1, 0.15) is 74.6 Å². The van der Waals surface area contributed by atoms with Gasteiger partial charge < -0.3 is 0 Å². The van der Waals surface area contributed by atoms with E-state index in [1.165, 1.54) is 47.9 Å². The normalized spacial score (nSPS) is 12.5. The summed E-state index contributed by atoms with van der Waals surface area (Å²) in [5.74, 6) is 0. The van der Waals surface area contributed by atoms with Crippen LogP contribution in [0.25, 0.3) is 0 Å². The Bertz CT molecular complexity index is 803. The van der Waals surface area contributed by atoms with E-state index in [0.717, 1.165) is 35.6 Å². The van der Waals surface area contributed by atoms with Gasteiger partial charge >= 0.3 is 0 Å². The minimum Gasteiger partial charge on any atom is -0.252 e. The zero-order valence-electron chi connectivity index (χ0n) is 18.6. The second-order valence-electron chi connectivity index (χ2n) is 7.97. The summed E-state index contributed by atoms with van der Waals surface area (Å²) < 4.78 is 0. The molecule has 0 unspecified atom stereocenters. The first-order valence-electron chi connectivity index (χ1n) is 10.7. The van der Waals surface area contributed by atoms with Crippen molar-refractivity contribution in [1.29, 1.82) is 0 Å². The standard InChI is InChI=1S/C26H36N2/c1-7-9-10-11-12-26(28-24-17-21(5)14-22(6)18-24)25(8-2)27-23-15-19(3)13-20(4)16-23/h13-18H,7-12H2,1-6H3. The highest BCUT2D eigenvalue weighted by Gasteiger charge is 2.09. The molecule has 0 saturated carbocycles. The van der Waals surface area contributed by atoms with Gasteiger partial charge in [0.05, 0.1) is 22.8 Å². The summed E-state index contributed by atoms with van der Waals surface area (Å²) in [5.41, 5.74) is 9.36.